The Hall–Kier alpha value is -1.76. The standard InChI is InChI=1S/C18H20FNO3S/c1-13-5-3-4-6-16(13)17-12-20(9-10-23-17)24(21,22)18-8-7-15(19)11-14(18)2/h3-8,11,17H,9-10,12H2,1-2H3. The van der Waals surface area contributed by atoms with Crippen LogP contribution in [-0.2, 0) is 14.8 Å². The Morgan fingerprint density at radius 2 is 1.88 bits per heavy atom. The molecular weight excluding hydrogens is 329 g/mol. The maximum atomic E-state index is 13.3. The van der Waals surface area contributed by atoms with Gasteiger partial charge < -0.3 is 4.74 Å². The van der Waals surface area contributed by atoms with Crippen molar-refractivity contribution in [2.75, 3.05) is 19.7 Å². The molecule has 1 atom stereocenters. The first-order valence-electron chi connectivity index (χ1n) is 7.83. The number of hydrogen-bond donors (Lipinski definition) is 0. The Labute approximate surface area is 141 Å². The molecule has 0 N–H and O–H groups in total. The minimum atomic E-state index is -3.68. The van der Waals surface area contributed by atoms with E-state index < -0.39 is 15.8 Å². The first-order chi connectivity index (χ1) is 11.4. The quantitative estimate of drug-likeness (QED) is 0.855. The SMILES string of the molecule is Cc1ccccc1C1CN(S(=O)(=O)c2ccc(F)cc2C)CCO1. The summed E-state index contributed by atoms with van der Waals surface area (Å²) in [5.74, 6) is -0.439. The minimum absolute atomic E-state index is 0.148. The molecule has 1 aliphatic heterocycles. The van der Waals surface area contributed by atoms with Gasteiger partial charge in [0, 0.05) is 13.1 Å². The fourth-order valence-electron chi connectivity index (χ4n) is 3.02. The van der Waals surface area contributed by atoms with Gasteiger partial charge >= 0.3 is 0 Å². The molecular formula is C18H20FNO3S. The molecule has 2 aromatic rings. The molecule has 3 rings (SSSR count). The van der Waals surface area contributed by atoms with Gasteiger partial charge in [-0.15, -0.1) is 0 Å². The number of morpholine rings is 1. The second kappa shape index (κ2) is 6.63. The minimum Gasteiger partial charge on any atom is -0.371 e. The zero-order valence-corrected chi connectivity index (χ0v) is 14.5. The molecule has 1 aliphatic rings. The smallest absolute Gasteiger partial charge is 0.243 e. The molecule has 1 unspecified atom stereocenters. The predicted molar refractivity (Wildman–Crippen MR) is 89.8 cm³/mol. The lowest BCUT2D eigenvalue weighted by atomic mass is 10.0. The Balaban J connectivity index is 1.90. The van der Waals surface area contributed by atoms with Crippen LogP contribution in [0, 0.1) is 19.7 Å². The predicted octanol–water partition coefficient (Wildman–Crippen LogP) is 3.20. The average molecular weight is 349 g/mol. The molecule has 0 aromatic heterocycles. The summed E-state index contributed by atoms with van der Waals surface area (Å²) in [6, 6.07) is 11.6. The zero-order valence-electron chi connectivity index (χ0n) is 13.7. The van der Waals surface area contributed by atoms with E-state index in [4.69, 9.17) is 4.74 Å². The first-order valence-corrected chi connectivity index (χ1v) is 9.27. The van der Waals surface area contributed by atoms with Crippen molar-refractivity contribution < 1.29 is 17.5 Å². The molecule has 0 spiro atoms. The lowest BCUT2D eigenvalue weighted by Crippen LogP contribution is -2.42. The van der Waals surface area contributed by atoms with Crippen molar-refractivity contribution in [2.24, 2.45) is 0 Å². The Morgan fingerprint density at radius 1 is 1.12 bits per heavy atom. The van der Waals surface area contributed by atoms with Crippen LogP contribution in [0.15, 0.2) is 47.4 Å². The summed E-state index contributed by atoms with van der Waals surface area (Å²) in [6.45, 7) is 4.47. The number of ether oxygens (including phenoxy) is 1. The second-order valence-electron chi connectivity index (χ2n) is 5.99. The van der Waals surface area contributed by atoms with Crippen LogP contribution in [0.3, 0.4) is 0 Å². The van der Waals surface area contributed by atoms with Gasteiger partial charge in [-0.25, -0.2) is 12.8 Å². The van der Waals surface area contributed by atoms with Crippen LogP contribution in [0.1, 0.15) is 22.8 Å². The van der Waals surface area contributed by atoms with E-state index in [0.29, 0.717) is 18.7 Å². The Morgan fingerprint density at radius 3 is 2.58 bits per heavy atom. The number of hydrogen-bond acceptors (Lipinski definition) is 3. The van der Waals surface area contributed by atoms with Crippen LogP contribution in [0.4, 0.5) is 4.39 Å². The van der Waals surface area contributed by atoms with E-state index in [1.807, 2.05) is 31.2 Å². The first kappa shape index (κ1) is 17.1. The van der Waals surface area contributed by atoms with Gasteiger partial charge in [0.15, 0.2) is 0 Å². The lowest BCUT2D eigenvalue weighted by molar-refractivity contribution is -0.00290. The monoisotopic (exact) mass is 349 g/mol. The highest BCUT2D eigenvalue weighted by Crippen LogP contribution is 2.29. The molecule has 0 bridgehead atoms. The third-order valence-electron chi connectivity index (χ3n) is 4.32. The highest BCUT2D eigenvalue weighted by atomic mass is 32.2. The fourth-order valence-corrected chi connectivity index (χ4v) is 4.65. The van der Waals surface area contributed by atoms with Gasteiger partial charge in [-0.05, 0) is 48.7 Å². The van der Waals surface area contributed by atoms with Crippen LogP contribution < -0.4 is 0 Å². The van der Waals surface area contributed by atoms with Gasteiger partial charge in [0.2, 0.25) is 10.0 Å². The Bertz CT molecular complexity index is 851. The number of sulfonamides is 1. The molecule has 1 fully saturated rings. The van der Waals surface area contributed by atoms with Crippen LogP contribution in [0.5, 0.6) is 0 Å². The summed E-state index contributed by atoms with van der Waals surface area (Å²) in [5, 5.41) is 0. The number of nitrogens with zero attached hydrogens (tertiary/aromatic N) is 1. The van der Waals surface area contributed by atoms with Crippen molar-refractivity contribution >= 4 is 10.0 Å². The van der Waals surface area contributed by atoms with Gasteiger partial charge in [-0.3, -0.25) is 0 Å². The molecule has 128 valence electrons. The van der Waals surface area contributed by atoms with Crippen LogP contribution >= 0.6 is 0 Å². The maximum Gasteiger partial charge on any atom is 0.243 e. The van der Waals surface area contributed by atoms with E-state index in [2.05, 4.69) is 0 Å². The molecule has 2 aromatic carbocycles. The van der Waals surface area contributed by atoms with Crippen LogP contribution in [0.25, 0.3) is 0 Å². The van der Waals surface area contributed by atoms with E-state index in [1.165, 1.54) is 22.5 Å². The molecule has 1 saturated heterocycles. The molecule has 1 heterocycles. The van der Waals surface area contributed by atoms with Gasteiger partial charge in [0.1, 0.15) is 5.82 Å². The van der Waals surface area contributed by atoms with E-state index in [0.717, 1.165) is 11.1 Å². The molecule has 0 saturated carbocycles. The van der Waals surface area contributed by atoms with Crippen molar-refractivity contribution in [3.8, 4) is 0 Å². The van der Waals surface area contributed by atoms with Gasteiger partial charge in [0.05, 0.1) is 17.6 Å². The van der Waals surface area contributed by atoms with Crippen LogP contribution in [0.2, 0.25) is 0 Å². The average Bonchev–Trinajstić information content (AvgIpc) is 2.55. The summed E-state index contributed by atoms with van der Waals surface area (Å²) >= 11 is 0. The van der Waals surface area contributed by atoms with Gasteiger partial charge in [0.25, 0.3) is 0 Å². The molecule has 0 amide bonds. The van der Waals surface area contributed by atoms with Crippen molar-refractivity contribution in [1.29, 1.82) is 0 Å². The molecule has 0 radical (unpaired) electrons. The van der Waals surface area contributed by atoms with E-state index in [9.17, 15) is 12.8 Å². The van der Waals surface area contributed by atoms with Crippen molar-refractivity contribution in [1.82, 2.24) is 4.31 Å². The zero-order chi connectivity index (χ0) is 17.3. The topological polar surface area (TPSA) is 46.6 Å². The summed E-state index contributed by atoms with van der Waals surface area (Å²) in [4.78, 5) is 0.148. The maximum absolute atomic E-state index is 13.3. The number of rotatable bonds is 3. The number of halogens is 1. The van der Waals surface area contributed by atoms with E-state index >= 15 is 0 Å². The fraction of sp³-hybridized carbons (Fsp3) is 0.333. The van der Waals surface area contributed by atoms with Gasteiger partial charge in [-0.1, -0.05) is 24.3 Å². The number of aryl methyl sites for hydroxylation is 2. The summed E-state index contributed by atoms with van der Waals surface area (Å²) < 4.78 is 46.3. The summed E-state index contributed by atoms with van der Waals surface area (Å²) in [7, 11) is -3.68. The van der Waals surface area contributed by atoms with E-state index in [1.54, 1.807) is 6.92 Å². The third kappa shape index (κ3) is 3.22. The molecule has 4 nitrogen and oxygen atoms in total. The van der Waals surface area contributed by atoms with Crippen molar-refractivity contribution in [3.05, 3.63) is 65.0 Å². The highest BCUT2D eigenvalue weighted by molar-refractivity contribution is 7.89. The summed E-state index contributed by atoms with van der Waals surface area (Å²) in [5.41, 5.74) is 2.47. The third-order valence-corrected chi connectivity index (χ3v) is 6.34. The van der Waals surface area contributed by atoms with E-state index in [-0.39, 0.29) is 17.5 Å². The van der Waals surface area contributed by atoms with Gasteiger partial charge in [-0.2, -0.15) is 4.31 Å². The Kier molecular flexibility index (Phi) is 4.71. The largest absolute Gasteiger partial charge is 0.371 e. The highest BCUT2D eigenvalue weighted by Gasteiger charge is 2.32. The van der Waals surface area contributed by atoms with Crippen molar-refractivity contribution in [2.45, 2.75) is 24.8 Å². The summed E-state index contributed by atoms with van der Waals surface area (Å²) in [6.07, 6.45) is -0.296. The lowest BCUT2D eigenvalue weighted by Gasteiger charge is -2.33. The molecule has 24 heavy (non-hydrogen) atoms. The second-order valence-corrected chi connectivity index (χ2v) is 7.90. The normalized spacial score (nSPS) is 19.4. The van der Waals surface area contributed by atoms with Crippen molar-refractivity contribution in [3.63, 3.8) is 0 Å². The molecule has 6 heteroatoms. The van der Waals surface area contributed by atoms with Crippen LogP contribution in [-0.4, -0.2) is 32.4 Å². The molecule has 0 aliphatic carbocycles. The number of benzene rings is 2.